The van der Waals surface area contributed by atoms with Gasteiger partial charge in [0.15, 0.2) is 0 Å². The number of nitrogens with one attached hydrogen (secondary N) is 1. The van der Waals surface area contributed by atoms with Gasteiger partial charge in [-0.15, -0.1) is 0 Å². The molecule has 2 saturated heterocycles. The minimum atomic E-state index is -0.243. The van der Waals surface area contributed by atoms with Crippen LogP contribution in [0.5, 0.6) is 0 Å². The zero-order valence-corrected chi connectivity index (χ0v) is 25.3. The average molecular weight is 600 g/mol. The third-order valence-corrected chi connectivity index (χ3v) is 9.74. The summed E-state index contributed by atoms with van der Waals surface area (Å²) in [5, 5.41) is 3.60. The third kappa shape index (κ3) is 5.86. The minimum Gasteiger partial charge on any atom is -0.349 e. The predicted molar refractivity (Wildman–Crippen MR) is 167 cm³/mol. The Labute approximate surface area is 257 Å². The number of rotatable bonds is 7. The maximum Gasteiger partial charge on any atom is 0.231 e. The molecule has 3 fully saturated rings. The SMILES string of the molecule is C[C@@H]1CC(=O)Nc2ncnc(N3CCN(C(=O)[C@H](CN4CCN(Cc5ccccc5)CC4)c4ccc(Cl)cc4)[C@@H]4C[C@@H]43)c21. The van der Waals surface area contributed by atoms with Gasteiger partial charge in [0.05, 0.1) is 18.0 Å². The summed E-state index contributed by atoms with van der Waals surface area (Å²) in [6.07, 6.45) is 2.90. The highest BCUT2D eigenvalue weighted by molar-refractivity contribution is 6.30. The fourth-order valence-corrected chi connectivity index (χ4v) is 7.23. The largest absolute Gasteiger partial charge is 0.349 e. The molecule has 2 aromatic carbocycles. The molecular weight excluding hydrogens is 562 g/mol. The van der Waals surface area contributed by atoms with Crippen molar-refractivity contribution in [3.63, 3.8) is 0 Å². The number of carbonyl (C=O) groups is 2. The van der Waals surface area contributed by atoms with E-state index in [1.807, 2.05) is 24.3 Å². The van der Waals surface area contributed by atoms with Gasteiger partial charge >= 0.3 is 0 Å². The zero-order valence-electron chi connectivity index (χ0n) is 24.5. The molecule has 9 nitrogen and oxygen atoms in total. The van der Waals surface area contributed by atoms with Gasteiger partial charge in [-0.1, -0.05) is 61.0 Å². The number of hydrogen-bond donors (Lipinski definition) is 1. The quantitative estimate of drug-likeness (QED) is 0.440. The van der Waals surface area contributed by atoms with E-state index < -0.39 is 0 Å². The third-order valence-electron chi connectivity index (χ3n) is 9.49. The van der Waals surface area contributed by atoms with Crippen LogP contribution in [0, 0.1) is 0 Å². The molecule has 0 radical (unpaired) electrons. The molecule has 7 rings (SSSR count). The Balaban J connectivity index is 1.04. The van der Waals surface area contributed by atoms with E-state index in [4.69, 9.17) is 11.6 Å². The maximum absolute atomic E-state index is 14.3. The zero-order chi connectivity index (χ0) is 29.5. The second-order valence-electron chi connectivity index (χ2n) is 12.4. The van der Waals surface area contributed by atoms with Crippen LogP contribution >= 0.6 is 11.6 Å². The second-order valence-corrected chi connectivity index (χ2v) is 12.8. The first-order valence-corrected chi connectivity index (χ1v) is 15.8. The van der Waals surface area contributed by atoms with Crippen LogP contribution in [0.15, 0.2) is 60.9 Å². The van der Waals surface area contributed by atoms with Crippen molar-refractivity contribution < 1.29 is 9.59 Å². The molecule has 10 heteroatoms. The fraction of sp³-hybridized carbons (Fsp3) is 0.455. The van der Waals surface area contributed by atoms with Crippen LogP contribution in [0.25, 0.3) is 0 Å². The summed E-state index contributed by atoms with van der Waals surface area (Å²) in [4.78, 5) is 44.9. The van der Waals surface area contributed by atoms with Crippen LogP contribution in [0.3, 0.4) is 0 Å². The van der Waals surface area contributed by atoms with Crippen molar-refractivity contribution in [1.82, 2.24) is 24.7 Å². The second kappa shape index (κ2) is 11.9. The summed E-state index contributed by atoms with van der Waals surface area (Å²) in [5.74, 6) is 1.53. The molecule has 2 amide bonds. The van der Waals surface area contributed by atoms with E-state index in [1.165, 1.54) is 11.9 Å². The number of aromatic nitrogens is 2. The Kier molecular flexibility index (Phi) is 7.80. The Morgan fingerprint density at radius 1 is 0.953 bits per heavy atom. The Morgan fingerprint density at radius 3 is 2.47 bits per heavy atom. The van der Waals surface area contributed by atoms with Gasteiger partial charge in [-0.3, -0.25) is 19.4 Å². The number of benzene rings is 2. The first-order chi connectivity index (χ1) is 20.9. The number of amides is 2. The van der Waals surface area contributed by atoms with Crippen LogP contribution < -0.4 is 10.2 Å². The van der Waals surface area contributed by atoms with Crippen molar-refractivity contribution in [1.29, 1.82) is 0 Å². The highest BCUT2D eigenvalue weighted by atomic mass is 35.5. The van der Waals surface area contributed by atoms with E-state index in [1.54, 1.807) is 0 Å². The summed E-state index contributed by atoms with van der Waals surface area (Å²) in [7, 11) is 0. The monoisotopic (exact) mass is 599 g/mol. The number of hydrogen-bond acceptors (Lipinski definition) is 7. The number of fused-ring (bicyclic) bond motifs is 2. The van der Waals surface area contributed by atoms with E-state index in [0.717, 1.165) is 56.1 Å². The lowest BCUT2D eigenvalue weighted by Crippen LogP contribution is -2.53. The highest BCUT2D eigenvalue weighted by Gasteiger charge is 2.53. The highest BCUT2D eigenvalue weighted by Crippen LogP contribution is 2.44. The normalized spacial score (nSPS) is 24.6. The number of halogens is 1. The molecule has 224 valence electrons. The van der Waals surface area contributed by atoms with Gasteiger partial charge < -0.3 is 15.1 Å². The van der Waals surface area contributed by atoms with E-state index in [0.29, 0.717) is 36.9 Å². The summed E-state index contributed by atoms with van der Waals surface area (Å²) in [6, 6.07) is 18.8. The van der Waals surface area contributed by atoms with Gasteiger partial charge in [0.2, 0.25) is 11.8 Å². The molecule has 1 saturated carbocycles. The molecule has 1 N–H and O–H groups in total. The van der Waals surface area contributed by atoms with Crippen LogP contribution in [0.1, 0.15) is 48.3 Å². The molecule has 4 aliphatic rings. The van der Waals surface area contributed by atoms with Crippen molar-refractivity contribution in [3.05, 3.63) is 82.6 Å². The van der Waals surface area contributed by atoms with Crippen LogP contribution in [-0.2, 0) is 16.1 Å². The average Bonchev–Trinajstić information content (AvgIpc) is 3.82. The smallest absolute Gasteiger partial charge is 0.231 e. The minimum absolute atomic E-state index is 0.00443. The summed E-state index contributed by atoms with van der Waals surface area (Å²) in [5.41, 5.74) is 3.37. The molecule has 0 spiro atoms. The summed E-state index contributed by atoms with van der Waals surface area (Å²) < 4.78 is 0. The van der Waals surface area contributed by atoms with Gasteiger partial charge in [-0.25, -0.2) is 9.97 Å². The predicted octanol–water partition coefficient (Wildman–Crippen LogP) is 3.97. The van der Waals surface area contributed by atoms with E-state index in [-0.39, 0.29) is 35.7 Å². The molecule has 0 bridgehead atoms. The molecule has 4 atom stereocenters. The van der Waals surface area contributed by atoms with Gasteiger partial charge in [-0.05, 0) is 35.6 Å². The van der Waals surface area contributed by atoms with Crippen LogP contribution in [0.2, 0.25) is 5.02 Å². The topological polar surface area (TPSA) is 84.9 Å². The lowest BCUT2D eigenvalue weighted by molar-refractivity contribution is -0.134. The molecular formula is C33H38ClN7O2. The molecule has 3 aliphatic heterocycles. The lowest BCUT2D eigenvalue weighted by atomic mass is 9.94. The van der Waals surface area contributed by atoms with Gasteiger partial charge in [-0.2, -0.15) is 0 Å². The van der Waals surface area contributed by atoms with E-state index in [2.05, 4.69) is 72.1 Å². The van der Waals surface area contributed by atoms with E-state index in [9.17, 15) is 9.59 Å². The van der Waals surface area contributed by atoms with Gasteiger partial charge in [0.1, 0.15) is 18.0 Å². The van der Waals surface area contributed by atoms with Crippen molar-refractivity contribution >= 4 is 35.1 Å². The van der Waals surface area contributed by atoms with Crippen LogP contribution in [-0.4, -0.2) is 94.4 Å². The first-order valence-electron chi connectivity index (χ1n) is 15.4. The maximum atomic E-state index is 14.3. The van der Waals surface area contributed by atoms with Crippen molar-refractivity contribution in [2.45, 2.75) is 50.2 Å². The standard InChI is InChI=1S/C33H38ClN7O2/c1-22-17-29(42)37-31-30(22)32(36-21-35-31)40-15-16-41(28-18-27(28)40)33(43)26(24-7-9-25(34)10-8-24)20-39-13-11-38(12-14-39)19-23-5-3-2-4-6-23/h2-10,21-22,26-28H,11-20H2,1H3,(H,35,36,37,42)/t22-,26-,27+,28-/m1/s1. The van der Waals surface area contributed by atoms with Crippen LogP contribution in [0.4, 0.5) is 11.6 Å². The Hall–Kier alpha value is -3.53. The van der Waals surface area contributed by atoms with Gasteiger partial charge in [0, 0.05) is 69.4 Å². The molecule has 3 aromatic rings. The molecule has 0 unspecified atom stereocenters. The molecule has 1 aromatic heterocycles. The van der Waals surface area contributed by atoms with E-state index >= 15 is 0 Å². The number of piperazine rings is 2. The Morgan fingerprint density at radius 2 is 1.70 bits per heavy atom. The Bertz CT molecular complexity index is 1480. The molecule has 43 heavy (non-hydrogen) atoms. The van der Waals surface area contributed by atoms with Crippen molar-refractivity contribution in [3.8, 4) is 0 Å². The number of anilines is 2. The van der Waals surface area contributed by atoms with Crippen molar-refractivity contribution in [2.75, 3.05) is 56.0 Å². The first kappa shape index (κ1) is 28.3. The fourth-order valence-electron chi connectivity index (χ4n) is 7.11. The number of carbonyl (C=O) groups excluding carboxylic acids is 2. The summed E-state index contributed by atoms with van der Waals surface area (Å²) >= 11 is 6.24. The lowest BCUT2D eigenvalue weighted by Gasteiger charge is -2.40. The molecule has 1 aliphatic carbocycles. The van der Waals surface area contributed by atoms with Gasteiger partial charge in [0.25, 0.3) is 0 Å². The summed E-state index contributed by atoms with van der Waals surface area (Å²) in [6.45, 7) is 8.94. The molecule has 4 heterocycles. The van der Waals surface area contributed by atoms with Crippen molar-refractivity contribution in [2.24, 2.45) is 0 Å². The number of nitrogens with zero attached hydrogens (tertiary/aromatic N) is 6.